The van der Waals surface area contributed by atoms with E-state index in [9.17, 15) is 4.79 Å². The fourth-order valence-electron chi connectivity index (χ4n) is 3.64. The van der Waals surface area contributed by atoms with Gasteiger partial charge >= 0.3 is 0 Å². The SMILES string of the molecule is C=CCn1c(CCC2CCCCC2)nnc1SCC(=O)Nc1ccc(Br)cc1Cl. The van der Waals surface area contributed by atoms with Gasteiger partial charge in [0.15, 0.2) is 5.16 Å². The second-order valence-corrected chi connectivity index (χ2v) is 9.57. The van der Waals surface area contributed by atoms with Crippen LogP contribution in [0.15, 0.2) is 40.5 Å². The van der Waals surface area contributed by atoms with Crippen LogP contribution in [-0.4, -0.2) is 26.4 Å². The molecule has 0 radical (unpaired) electrons. The summed E-state index contributed by atoms with van der Waals surface area (Å²) in [4.78, 5) is 12.4. The van der Waals surface area contributed by atoms with Crippen LogP contribution in [0.4, 0.5) is 5.69 Å². The number of nitrogens with zero attached hydrogens (tertiary/aromatic N) is 3. The fourth-order valence-corrected chi connectivity index (χ4v) is 5.13. The summed E-state index contributed by atoms with van der Waals surface area (Å²) in [6, 6.07) is 5.37. The number of nitrogens with one attached hydrogen (secondary N) is 1. The molecule has 0 saturated heterocycles. The normalized spacial score (nSPS) is 14.7. The number of carbonyl (C=O) groups is 1. The number of allylic oxidation sites excluding steroid dienone is 1. The molecule has 0 aliphatic heterocycles. The van der Waals surface area contributed by atoms with E-state index in [2.05, 4.69) is 42.6 Å². The summed E-state index contributed by atoms with van der Waals surface area (Å²) in [5.41, 5.74) is 0.598. The molecule has 1 N–H and O–H groups in total. The van der Waals surface area contributed by atoms with Crippen molar-refractivity contribution >= 4 is 50.9 Å². The monoisotopic (exact) mass is 496 g/mol. The van der Waals surface area contributed by atoms with Crippen LogP contribution >= 0.6 is 39.3 Å². The largest absolute Gasteiger partial charge is 0.324 e. The van der Waals surface area contributed by atoms with Crippen LogP contribution in [0.5, 0.6) is 0 Å². The molecule has 1 aromatic carbocycles. The number of aryl methyl sites for hydroxylation is 1. The van der Waals surface area contributed by atoms with Gasteiger partial charge < -0.3 is 9.88 Å². The molecule has 3 rings (SSSR count). The molecule has 156 valence electrons. The van der Waals surface area contributed by atoms with Gasteiger partial charge in [-0.3, -0.25) is 4.79 Å². The van der Waals surface area contributed by atoms with Crippen LogP contribution in [0.3, 0.4) is 0 Å². The quantitative estimate of drug-likeness (QED) is 0.335. The molecule has 0 atom stereocenters. The molecule has 1 amide bonds. The third-order valence-electron chi connectivity index (χ3n) is 5.14. The third kappa shape index (κ3) is 6.59. The Hall–Kier alpha value is -1.31. The zero-order chi connectivity index (χ0) is 20.6. The maximum Gasteiger partial charge on any atom is 0.234 e. The Morgan fingerprint density at radius 2 is 2.14 bits per heavy atom. The van der Waals surface area contributed by atoms with Crippen molar-refractivity contribution in [2.75, 3.05) is 11.1 Å². The first kappa shape index (κ1) is 22.4. The number of anilines is 1. The highest BCUT2D eigenvalue weighted by Gasteiger charge is 2.17. The molecule has 1 aromatic heterocycles. The lowest BCUT2D eigenvalue weighted by atomic mass is 9.86. The number of rotatable bonds is 9. The van der Waals surface area contributed by atoms with E-state index in [0.29, 0.717) is 17.3 Å². The van der Waals surface area contributed by atoms with Crippen LogP contribution in [0.1, 0.15) is 44.3 Å². The Morgan fingerprint density at radius 1 is 1.34 bits per heavy atom. The second kappa shape index (κ2) is 11.2. The van der Waals surface area contributed by atoms with E-state index in [1.165, 1.54) is 43.9 Å². The van der Waals surface area contributed by atoms with Gasteiger partial charge in [-0.05, 0) is 30.5 Å². The van der Waals surface area contributed by atoms with Crippen molar-refractivity contribution in [3.63, 3.8) is 0 Å². The van der Waals surface area contributed by atoms with E-state index in [-0.39, 0.29) is 11.7 Å². The van der Waals surface area contributed by atoms with Crippen LogP contribution in [0.25, 0.3) is 0 Å². The second-order valence-electron chi connectivity index (χ2n) is 7.30. The molecule has 0 bridgehead atoms. The number of halogens is 2. The molecule has 1 fully saturated rings. The Labute approximate surface area is 189 Å². The third-order valence-corrected chi connectivity index (χ3v) is 6.92. The van der Waals surface area contributed by atoms with Gasteiger partial charge in [-0.15, -0.1) is 16.8 Å². The van der Waals surface area contributed by atoms with E-state index < -0.39 is 0 Å². The smallest absolute Gasteiger partial charge is 0.234 e. The lowest BCUT2D eigenvalue weighted by Gasteiger charge is -2.21. The van der Waals surface area contributed by atoms with E-state index in [4.69, 9.17) is 11.6 Å². The molecule has 1 aliphatic carbocycles. The molecule has 5 nitrogen and oxygen atoms in total. The van der Waals surface area contributed by atoms with Gasteiger partial charge in [0, 0.05) is 17.4 Å². The van der Waals surface area contributed by atoms with E-state index >= 15 is 0 Å². The Balaban J connectivity index is 1.57. The number of aromatic nitrogens is 3. The van der Waals surface area contributed by atoms with E-state index in [1.54, 1.807) is 12.1 Å². The minimum absolute atomic E-state index is 0.129. The van der Waals surface area contributed by atoms with E-state index in [1.807, 2.05) is 12.1 Å². The van der Waals surface area contributed by atoms with Crippen molar-refractivity contribution < 1.29 is 4.79 Å². The summed E-state index contributed by atoms with van der Waals surface area (Å²) in [7, 11) is 0. The fraction of sp³-hybridized carbons (Fsp3) is 0.476. The first-order valence-corrected chi connectivity index (χ1v) is 12.1. The molecule has 8 heteroatoms. The van der Waals surface area contributed by atoms with Crippen LogP contribution in [0.2, 0.25) is 5.02 Å². The van der Waals surface area contributed by atoms with Crippen molar-refractivity contribution in [3.8, 4) is 0 Å². The minimum Gasteiger partial charge on any atom is -0.324 e. The van der Waals surface area contributed by atoms with Gasteiger partial charge in [-0.1, -0.05) is 77.5 Å². The number of hydrogen-bond donors (Lipinski definition) is 1. The maximum absolute atomic E-state index is 12.4. The summed E-state index contributed by atoms with van der Waals surface area (Å²) >= 11 is 10.9. The Morgan fingerprint density at radius 3 is 2.86 bits per heavy atom. The van der Waals surface area contributed by atoms with Crippen molar-refractivity contribution in [3.05, 3.63) is 46.2 Å². The molecule has 0 unspecified atom stereocenters. The van der Waals surface area contributed by atoms with Crippen molar-refractivity contribution in [2.24, 2.45) is 5.92 Å². The predicted molar refractivity (Wildman–Crippen MR) is 124 cm³/mol. The molecule has 2 aromatic rings. The molecular weight excluding hydrogens is 472 g/mol. The number of thioether (sulfide) groups is 1. The maximum atomic E-state index is 12.4. The molecule has 1 saturated carbocycles. The standard InChI is InChI=1S/C21H26BrClN4OS/c1-2-12-27-19(11-8-15-6-4-3-5-7-15)25-26-21(27)29-14-20(28)24-18-10-9-16(22)13-17(18)23/h2,9-10,13,15H,1,3-8,11-12,14H2,(H,24,28). The first-order chi connectivity index (χ1) is 14.1. The van der Waals surface area contributed by atoms with Gasteiger partial charge in [-0.25, -0.2) is 0 Å². The van der Waals surface area contributed by atoms with Crippen LogP contribution < -0.4 is 5.32 Å². The van der Waals surface area contributed by atoms with Crippen molar-refractivity contribution in [1.82, 2.24) is 14.8 Å². The van der Waals surface area contributed by atoms with Gasteiger partial charge in [0.1, 0.15) is 5.82 Å². The van der Waals surface area contributed by atoms with Crippen molar-refractivity contribution in [1.29, 1.82) is 0 Å². The highest BCUT2D eigenvalue weighted by atomic mass is 79.9. The number of carbonyl (C=O) groups excluding carboxylic acids is 1. The number of benzene rings is 1. The lowest BCUT2D eigenvalue weighted by molar-refractivity contribution is -0.113. The average Bonchev–Trinajstić information content (AvgIpc) is 3.10. The summed E-state index contributed by atoms with van der Waals surface area (Å²) < 4.78 is 2.94. The summed E-state index contributed by atoms with van der Waals surface area (Å²) in [5.74, 6) is 1.89. The van der Waals surface area contributed by atoms with Gasteiger partial charge in [0.25, 0.3) is 0 Å². The molecule has 0 spiro atoms. The highest BCUT2D eigenvalue weighted by Crippen LogP contribution is 2.28. The average molecular weight is 498 g/mol. The predicted octanol–water partition coefficient (Wildman–Crippen LogP) is 6.12. The molecule has 1 heterocycles. The van der Waals surface area contributed by atoms with Crippen LogP contribution in [-0.2, 0) is 17.8 Å². The zero-order valence-corrected chi connectivity index (χ0v) is 19.5. The Kier molecular flexibility index (Phi) is 8.63. The highest BCUT2D eigenvalue weighted by molar-refractivity contribution is 9.10. The van der Waals surface area contributed by atoms with Gasteiger partial charge in [0.05, 0.1) is 16.5 Å². The molecular formula is C21H26BrClN4OS. The topological polar surface area (TPSA) is 59.8 Å². The molecule has 29 heavy (non-hydrogen) atoms. The van der Waals surface area contributed by atoms with Crippen molar-refractivity contribution in [2.45, 2.75) is 56.6 Å². The zero-order valence-electron chi connectivity index (χ0n) is 16.4. The summed E-state index contributed by atoms with van der Waals surface area (Å²) in [6.07, 6.45) is 10.7. The number of amides is 1. The van der Waals surface area contributed by atoms with E-state index in [0.717, 1.165) is 34.2 Å². The minimum atomic E-state index is -0.129. The lowest BCUT2D eigenvalue weighted by Crippen LogP contribution is -2.15. The molecule has 1 aliphatic rings. The van der Waals surface area contributed by atoms with Gasteiger partial charge in [-0.2, -0.15) is 0 Å². The summed E-state index contributed by atoms with van der Waals surface area (Å²) in [6.45, 7) is 4.50. The van der Waals surface area contributed by atoms with Gasteiger partial charge in [0.2, 0.25) is 5.91 Å². The van der Waals surface area contributed by atoms with Crippen LogP contribution in [0, 0.1) is 5.92 Å². The first-order valence-electron chi connectivity index (χ1n) is 9.97. The Bertz CT molecular complexity index is 851. The summed E-state index contributed by atoms with van der Waals surface area (Å²) in [5, 5.41) is 12.8. The number of hydrogen-bond acceptors (Lipinski definition) is 4.